The van der Waals surface area contributed by atoms with Crippen LogP contribution in [0, 0.1) is 0 Å². The summed E-state index contributed by atoms with van der Waals surface area (Å²) in [4.78, 5) is 40.0. The summed E-state index contributed by atoms with van der Waals surface area (Å²) in [5, 5.41) is 20.5. The number of nitrogen functional groups attached to an aromatic ring is 1. The van der Waals surface area contributed by atoms with Gasteiger partial charge in [-0.25, -0.2) is 32.6 Å². The molecule has 2 aromatic rings. The molecule has 1 aliphatic rings. The predicted octanol–water partition coefficient (Wildman–Crippen LogP) is -11.9. The van der Waals surface area contributed by atoms with Gasteiger partial charge in [0.25, 0.3) is 0 Å². The Morgan fingerprint density at radius 1 is 1.03 bits per heavy atom. The van der Waals surface area contributed by atoms with Crippen LogP contribution in [0.3, 0.4) is 0 Å². The Kier molecular flexibility index (Phi) is 19.7. The second kappa shape index (κ2) is 17.3. The van der Waals surface area contributed by atoms with Gasteiger partial charge in [-0.1, -0.05) is 0 Å². The van der Waals surface area contributed by atoms with Gasteiger partial charge in [0, 0.05) is 18.3 Å². The van der Waals surface area contributed by atoms with Crippen molar-refractivity contribution in [1.82, 2.24) is 19.5 Å². The van der Waals surface area contributed by atoms with Crippen LogP contribution in [0.2, 0.25) is 0 Å². The number of nitrogens with two attached hydrogens (primary N) is 1. The van der Waals surface area contributed by atoms with Crippen LogP contribution in [0.15, 0.2) is 12.7 Å². The van der Waals surface area contributed by atoms with Gasteiger partial charge in [-0.3, -0.25) is 9.09 Å². The Balaban J connectivity index is -0.000000383. The molecular weight excluding hydrogens is 627 g/mol. The zero-order valence-corrected chi connectivity index (χ0v) is 31.8. The largest absolute Gasteiger partial charge is 1.00 e. The zero-order valence-electron chi connectivity index (χ0n) is 24.3. The smallest absolute Gasteiger partial charge is 1.00 e. The SMILES string of the molecule is CSOP(=O)(O)OP(=O)(O)OP(=O)(O)OC[C@H]1O[C@@H](n2cnc3c(N)ncnc32)[C@H](O)[C@@H]1O.[H-].[H-].[H-].[H-].[Na+].[Na+].[Na+].[Na+]. The minimum Gasteiger partial charge on any atom is -1.00 e. The maximum atomic E-state index is 12.0. The van der Waals surface area contributed by atoms with Crippen molar-refractivity contribution in [2.24, 2.45) is 0 Å². The fourth-order valence-electron chi connectivity index (χ4n) is 2.73. The maximum absolute atomic E-state index is 12.0. The average molecular weight is 649 g/mol. The third kappa shape index (κ3) is 11.5. The number of aliphatic hydroxyl groups is 2. The number of ether oxygens (including phenoxy) is 1. The van der Waals surface area contributed by atoms with Crippen LogP contribution >= 0.6 is 35.5 Å². The van der Waals surface area contributed by atoms with E-state index in [4.69, 9.17) is 10.5 Å². The van der Waals surface area contributed by atoms with Gasteiger partial charge in [0.2, 0.25) is 0 Å². The summed E-state index contributed by atoms with van der Waals surface area (Å²) >= 11 is 0.317. The van der Waals surface area contributed by atoms with E-state index in [9.17, 15) is 38.6 Å². The normalized spacial score (nSPS) is 25.8. The van der Waals surface area contributed by atoms with Crippen molar-refractivity contribution in [3.8, 4) is 0 Å². The summed E-state index contributed by atoms with van der Waals surface area (Å²) in [6.07, 6.45) is -2.41. The summed E-state index contributed by atoms with van der Waals surface area (Å²) in [6.45, 7) is -0.926. The molecule has 0 saturated carbocycles. The zero-order chi connectivity index (χ0) is 24.6. The van der Waals surface area contributed by atoms with Gasteiger partial charge in [0.15, 0.2) is 17.7 Å². The Morgan fingerprint density at radius 3 is 2.22 bits per heavy atom. The molecular formula is C11H22N5Na4O13P3S. The van der Waals surface area contributed by atoms with Gasteiger partial charge < -0.3 is 41.1 Å². The molecule has 3 heterocycles. The van der Waals surface area contributed by atoms with E-state index in [1.54, 1.807) is 0 Å². The number of anilines is 1. The topological polar surface area (TPSA) is 268 Å². The molecule has 0 spiro atoms. The number of aliphatic hydroxyl groups excluding tert-OH is 2. The minimum absolute atomic E-state index is 0. The molecule has 1 saturated heterocycles. The quantitative estimate of drug-likeness (QED) is 0.0792. The molecule has 1 aliphatic heterocycles. The maximum Gasteiger partial charge on any atom is 1.00 e. The van der Waals surface area contributed by atoms with Gasteiger partial charge in [-0.15, -0.1) is 0 Å². The van der Waals surface area contributed by atoms with Crippen LogP contribution in [0.4, 0.5) is 5.82 Å². The average Bonchev–Trinajstić information content (AvgIpc) is 3.21. The van der Waals surface area contributed by atoms with Crippen LogP contribution in [0.25, 0.3) is 11.2 Å². The number of nitrogens with zero attached hydrogens (tertiary/aromatic N) is 4. The molecule has 2 aromatic heterocycles. The number of imidazole rings is 1. The van der Waals surface area contributed by atoms with Crippen molar-refractivity contribution < 1.29 is 184 Å². The van der Waals surface area contributed by atoms with E-state index >= 15 is 0 Å². The first-order valence-electron chi connectivity index (χ1n) is 8.48. The first-order chi connectivity index (χ1) is 15.3. The molecule has 0 radical (unpaired) electrons. The monoisotopic (exact) mass is 649 g/mol. The number of phosphoric acid groups is 3. The molecule has 26 heteroatoms. The first-order valence-corrected chi connectivity index (χ1v) is 14.1. The van der Waals surface area contributed by atoms with Gasteiger partial charge in [0.05, 0.1) is 12.9 Å². The van der Waals surface area contributed by atoms with E-state index in [2.05, 4.69) is 32.1 Å². The Labute approximate surface area is 308 Å². The van der Waals surface area contributed by atoms with Crippen LogP contribution in [0.5, 0.6) is 0 Å². The van der Waals surface area contributed by atoms with Crippen LogP contribution in [-0.4, -0.2) is 75.6 Å². The van der Waals surface area contributed by atoms with Crippen molar-refractivity contribution in [2.45, 2.75) is 24.5 Å². The number of rotatable bonds is 10. The molecule has 0 aromatic carbocycles. The van der Waals surface area contributed by atoms with E-state index < -0.39 is 54.6 Å². The van der Waals surface area contributed by atoms with E-state index in [-0.39, 0.29) is 141 Å². The summed E-state index contributed by atoms with van der Waals surface area (Å²) < 4.78 is 58.1. The Morgan fingerprint density at radius 2 is 1.62 bits per heavy atom. The Hall–Kier alpha value is 2.99. The van der Waals surface area contributed by atoms with Crippen molar-refractivity contribution in [1.29, 1.82) is 0 Å². The Bertz CT molecular complexity index is 1190. The second-order valence-electron chi connectivity index (χ2n) is 6.24. The van der Waals surface area contributed by atoms with Crippen molar-refractivity contribution >= 4 is 52.5 Å². The molecule has 3 unspecified atom stereocenters. The van der Waals surface area contributed by atoms with E-state index in [1.165, 1.54) is 17.2 Å². The van der Waals surface area contributed by atoms with Crippen LogP contribution < -0.4 is 124 Å². The molecule has 0 bridgehead atoms. The van der Waals surface area contributed by atoms with Crippen molar-refractivity contribution in [2.75, 3.05) is 18.6 Å². The standard InChI is InChI=1S/C11H18N5O13P3S.4Na.4H/c1-33-29-32(23,24)28-31(21,22)27-30(19,20)25-2-5-7(17)8(18)11(26-5)16-4-15-6-9(12)13-3-14-10(6)16;;;;;;;;/h3-5,7-8,11,17-18H,2H2,1H3,(H,19,20)(H,21,22)(H,23,24)(H2,12,13,14);;;;;;;;/q;4*+1;4*-1/t5-,7-,8-,11-;;;;;;;;/m1......../s1. The minimum atomic E-state index is -5.62. The number of hydrogen-bond donors (Lipinski definition) is 6. The second-order valence-corrected chi connectivity index (χ2v) is 11.5. The third-order valence-electron chi connectivity index (χ3n) is 3.98. The molecule has 7 N–H and O–H groups in total. The molecule has 18 nitrogen and oxygen atoms in total. The fraction of sp³-hybridized carbons (Fsp3) is 0.545. The predicted molar refractivity (Wildman–Crippen MR) is 112 cm³/mol. The number of hydrogen-bond acceptors (Lipinski definition) is 15. The van der Waals surface area contributed by atoms with Gasteiger partial charge >= 0.3 is 142 Å². The van der Waals surface area contributed by atoms with Crippen molar-refractivity contribution in [3.63, 3.8) is 0 Å². The van der Waals surface area contributed by atoms with Crippen molar-refractivity contribution in [3.05, 3.63) is 12.7 Å². The van der Waals surface area contributed by atoms with Gasteiger partial charge in [0.1, 0.15) is 30.2 Å². The molecule has 0 aliphatic carbocycles. The molecule has 7 atom stereocenters. The first kappa shape index (κ1) is 42.1. The summed E-state index contributed by atoms with van der Waals surface area (Å²) in [5.41, 5.74) is 6.05. The number of fused-ring (bicyclic) bond motifs is 1. The molecule has 1 fully saturated rings. The molecule has 37 heavy (non-hydrogen) atoms. The van der Waals surface area contributed by atoms with Crippen LogP contribution in [-0.2, 0) is 35.5 Å². The number of aromatic nitrogens is 4. The fourth-order valence-corrected chi connectivity index (χ4v) is 6.83. The van der Waals surface area contributed by atoms with E-state index in [1.807, 2.05) is 0 Å². The number of phosphoric ester groups is 1. The van der Waals surface area contributed by atoms with Gasteiger partial charge in [-0.05, 0) is 0 Å². The molecule has 0 amide bonds. The van der Waals surface area contributed by atoms with E-state index in [0.717, 1.165) is 6.33 Å². The molecule has 194 valence electrons. The summed E-state index contributed by atoms with van der Waals surface area (Å²) in [5.74, 6) is 0.0519. The van der Waals surface area contributed by atoms with Crippen LogP contribution in [0.1, 0.15) is 11.9 Å². The molecule has 3 rings (SSSR count). The summed E-state index contributed by atoms with van der Waals surface area (Å²) in [7, 11) is -16.1. The van der Waals surface area contributed by atoms with Gasteiger partial charge in [-0.2, -0.15) is 8.62 Å². The van der Waals surface area contributed by atoms with E-state index in [0.29, 0.717) is 12.0 Å². The third-order valence-corrected chi connectivity index (χ3v) is 9.11. The summed E-state index contributed by atoms with van der Waals surface area (Å²) in [6, 6.07) is 0.